The Bertz CT molecular complexity index is 716. The van der Waals surface area contributed by atoms with E-state index in [0.717, 1.165) is 30.4 Å². The molecule has 0 bridgehead atoms. The van der Waals surface area contributed by atoms with Crippen LogP contribution in [0, 0.1) is 0 Å². The summed E-state index contributed by atoms with van der Waals surface area (Å²) in [4.78, 5) is 27.8. The summed E-state index contributed by atoms with van der Waals surface area (Å²) < 4.78 is 0. The summed E-state index contributed by atoms with van der Waals surface area (Å²) in [5, 5.41) is 3.03. The van der Waals surface area contributed by atoms with Crippen molar-refractivity contribution >= 4 is 11.8 Å². The van der Waals surface area contributed by atoms with Crippen LogP contribution in [0.4, 0.5) is 0 Å². The van der Waals surface area contributed by atoms with Crippen LogP contribution in [-0.4, -0.2) is 29.3 Å². The van der Waals surface area contributed by atoms with Gasteiger partial charge in [-0.15, -0.1) is 0 Å². The monoisotopic (exact) mass is 380 g/mol. The zero-order chi connectivity index (χ0) is 20.2. The van der Waals surface area contributed by atoms with E-state index in [1.165, 1.54) is 0 Å². The van der Waals surface area contributed by atoms with Crippen molar-refractivity contribution in [3.05, 3.63) is 71.8 Å². The Morgan fingerprint density at radius 2 is 1.50 bits per heavy atom. The zero-order valence-corrected chi connectivity index (χ0v) is 17.1. The number of amides is 2. The first kappa shape index (κ1) is 21.7. The number of nitrogens with zero attached hydrogens (tertiary/aromatic N) is 1. The number of carbonyl (C=O) groups is 2. The molecular formula is C24H32N2O2. The molecule has 0 aliphatic heterocycles. The second-order valence-corrected chi connectivity index (χ2v) is 7.11. The average molecular weight is 381 g/mol. The fourth-order valence-corrected chi connectivity index (χ4v) is 3.20. The van der Waals surface area contributed by atoms with Crippen LogP contribution in [0.5, 0.6) is 0 Å². The Morgan fingerprint density at radius 3 is 2.07 bits per heavy atom. The van der Waals surface area contributed by atoms with E-state index in [-0.39, 0.29) is 11.8 Å². The molecule has 0 aromatic heterocycles. The van der Waals surface area contributed by atoms with Gasteiger partial charge >= 0.3 is 0 Å². The molecule has 1 N–H and O–H groups in total. The molecule has 4 nitrogen and oxygen atoms in total. The molecule has 2 rings (SSSR count). The van der Waals surface area contributed by atoms with Gasteiger partial charge in [-0.3, -0.25) is 9.59 Å². The standard InChI is InChI=1S/C24H32N2O2/c1-3-5-17-25-24(28)22(18-20-13-8-6-9-14-20)26(23(27)12-4-2)19-21-15-10-7-11-16-21/h6-11,13-16,22H,3-5,12,17-19H2,1-2H3,(H,25,28)/t22-/m1/s1. The summed E-state index contributed by atoms with van der Waals surface area (Å²) >= 11 is 0. The van der Waals surface area contributed by atoms with E-state index in [4.69, 9.17) is 0 Å². The first-order valence-corrected chi connectivity index (χ1v) is 10.3. The zero-order valence-electron chi connectivity index (χ0n) is 17.1. The van der Waals surface area contributed by atoms with Crippen molar-refractivity contribution in [2.45, 2.75) is 58.5 Å². The molecule has 4 heteroatoms. The molecule has 0 spiro atoms. The highest BCUT2D eigenvalue weighted by Gasteiger charge is 2.29. The predicted molar refractivity (Wildman–Crippen MR) is 114 cm³/mol. The normalized spacial score (nSPS) is 11.6. The Morgan fingerprint density at radius 1 is 0.893 bits per heavy atom. The van der Waals surface area contributed by atoms with Crippen LogP contribution in [0.1, 0.15) is 50.7 Å². The van der Waals surface area contributed by atoms with Crippen LogP contribution in [-0.2, 0) is 22.6 Å². The minimum Gasteiger partial charge on any atom is -0.354 e. The van der Waals surface area contributed by atoms with Gasteiger partial charge in [0, 0.05) is 25.9 Å². The van der Waals surface area contributed by atoms with Crippen molar-refractivity contribution in [3.8, 4) is 0 Å². The van der Waals surface area contributed by atoms with E-state index in [2.05, 4.69) is 12.2 Å². The number of benzene rings is 2. The summed E-state index contributed by atoms with van der Waals surface area (Å²) in [7, 11) is 0. The molecular weight excluding hydrogens is 348 g/mol. The van der Waals surface area contributed by atoms with Gasteiger partial charge in [0.1, 0.15) is 6.04 Å². The number of carbonyl (C=O) groups excluding carboxylic acids is 2. The number of nitrogens with one attached hydrogen (secondary N) is 1. The number of unbranched alkanes of at least 4 members (excludes halogenated alkanes) is 1. The SMILES string of the molecule is CCCCNC(=O)[C@@H](Cc1ccccc1)N(Cc1ccccc1)C(=O)CCC. The molecule has 0 saturated heterocycles. The first-order chi connectivity index (χ1) is 13.7. The molecule has 1 atom stereocenters. The van der Waals surface area contributed by atoms with Crippen molar-refractivity contribution in [2.24, 2.45) is 0 Å². The van der Waals surface area contributed by atoms with Gasteiger partial charge in [0.05, 0.1) is 0 Å². The van der Waals surface area contributed by atoms with E-state index in [1.54, 1.807) is 4.90 Å². The number of hydrogen-bond acceptors (Lipinski definition) is 2. The van der Waals surface area contributed by atoms with Gasteiger partial charge in [-0.05, 0) is 24.0 Å². The largest absolute Gasteiger partial charge is 0.354 e. The molecule has 2 amide bonds. The highest BCUT2D eigenvalue weighted by Crippen LogP contribution is 2.16. The quantitative estimate of drug-likeness (QED) is 0.590. The van der Waals surface area contributed by atoms with E-state index >= 15 is 0 Å². The summed E-state index contributed by atoms with van der Waals surface area (Å²) in [6.07, 6.45) is 3.68. The Balaban J connectivity index is 2.28. The van der Waals surface area contributed by atoms with E-state index in [9.17, 15) is 9.59 Å². The van der Waals surface area contributed by atoms with Crippen LogP contribution in [0.25, 0.3) is 0 Å². The van der Waals surface area contributed by atoms with E-state index in [0.29, 0.717) is 25.9 Å². The van der Waals surface area contributed by atoms with Gasteiger partial charge in [0.2, 0.25) is 11.8 Å². The summed E-state index contributed by atoms with van der Waals surface area (Å²) in [6.45, 7) is 5.17. The van der Waals surface area contributed by atoms with Crippen molar-refractivity contribution < 1.29 is 9.59 Å². The highest BCUT2D eigenvalue weighted by atomic mass is 16.2. The Labute approximate surface area is 169 Å². The maximum absolute atomic E-state index is 13.1. The third-order valence-corrected chi connectivity index (χ3v) is 4.76. The molecule has 0 saturated carbocycles. The molecule has 2 aromatic carbocycles. The molecule has 0 heterocycles. The number of rotatable bonds is 11. The lowest BCUT2D eigenvalue weighted by atomic mass is 10.0. The van der Waals surface area contributed by atoms with Crippen molar-refractivity contribution in [1.29, 1.82) is 0 Å². The fraction of sp³-hybridized carbons (Fsp3) is 0.417. The van der Waals surface area contributed by atoms with Gasteiger partial charge in [0.25, 0.3) is 0 Å². The molecule has 150 valence electrons. The second-order valence-electron chi connectivity index (χ2n) is 7.11. The van der Waals surface area contributed by atoms with Crippen LogP contribution in [0.3, 0.4) is 0 Å². The van der Waals surface area contributed by atoms with Crippen molar-refractivity contribution in [2.75, 3.05) is 6.54 Å². The van der Waals surface area contributed by atoms with Gasteiger partial charge in [0.15, 0.2) is 0 Å². The fourth-order valence-electron chi connectivity index (χ4n) is 3.20. The van der Waals surface area contributed by atoms with Crippen LogP contribution in [0.15, 0.2) is 60.7 Å². The van der Waals surface area contributed by atoms with Crippen molar-refractivity contribution in [3.63, 3.8) is 0 Å². The van der Waals surface area contributed by atoms with Gasteiger partial charge in [-0.25, -0.2) is 0 Å². The minimum absolute atomic E-state index is 0.0259. The Hall–Kier alpha value is -2.62. The topological polar surface area (TPSA) is 49.4 Å². The van der Waals surface area contributed by atoms with Gasteiger partial charge in [-0.1, -0.05) is 80.9 Å². The van der Waals surface area contributed by atoms with Crippen LogP contribution < -0.4 is 5.32 Å². The molecule has 0 radical (unpaired) electrons. The van der Waals surface area contributed by atoms with Crippen LogP contribution >= 0.6 is 0 Å². The predicted octanol–water partition coefficient (Wildman–Crippen LogP) is 4.34. The molecule has 0 aliphatic rings. The summed E-state index contributed by atoms with van der Waals surface area (Å²) in [5.41, 5.74) is 2.09. The first-order valence-electron chi connectivity index (χ1n) is 10.3. The van der Waals surface area contributed by atoms with Gasteiger partial charge in [-0.2, -0.15) is 0 Å². The van der Waals surface area contributed by atoms with E-state index < -0.39 is 6.04 Å². The minimum atomic E-state index is -0.515. The molecule has 0 unspecified atom stereocenters. The highest BCUT2D eigenvalue weighted by molar-refractivity contribution is 5.88. The summed E-state index contributed by atoms with van der Waals surface area (Å²) in [5.74, 6) is -0.0457. The summed E-state index contributed by atoms with van der Waals surface area (Å²) in [6, 6.07) is 19.3. The molecule has 0 fully saturated rings. The molecule has 2 aromatic rings. The lowest BCUT2D eigenvalue weighted by Crippen LogP contribution is -2.50. The van der Waals surface area contributed by atoms with E-state index in [1.807, 2.05) is 67.6 Å². The second kappa shape index (κ2) is 12.0. The van der Waals surface area contributed by atoms with Crippen molar-refractivity contribution in [1.82, 2.24) is 10.2 Å². The maximum Gasteiger partial charge on any atom is 0.243 e. The average Bonchev–Trinajstić information content (AvgIpc) is 2.72. The lowest BCUT2D eigenvalue weighted by molar-refractivity contribution is -0.141. The number of hydrogen-bond donors (Lipinski definition) is 1. The smallest absolute Gasteiger partial charge is 0.243 e. The Kier molecular flexibility index (Phi) is 9.26. The molecule has 28 heavy (non-hydrogen) atoms. The third kappa shape index (κ3) is 6.84. The lowest BCUT2D eigenvalue weighted by Gasteiger charge is -2.31. The van der Waals surface area contributed by atoms with Crippen LogP contribution in [0.2, 0.25) is 0 Å². The maximum atomic E-state index is 13.1. The molecule has 0 aliphatic carbocycles. The van der Waals surface area contributed by atoms with Gasteiger partial charge < -0.3 is 10.2 Å². The third-order valence-electron chi connectivity index (χ3n) is 4.76.